The number of rotatable bonds is 6. The predicted octanol–water partition coefficient (Wildman–Crippen LogP) is 4.93. The maximum absolute atomic E-state index is 13.7. The average Bonchev–Trinajstić information content (AvgIpc) is 3.32. The standard InChI is InChI=1S/C26H21FN6O4/c1-15-22(25(34)29-20-8-3-4-9-21(20)37-2)23(17-6-5-7-19(14-17)33(35)36)32-26(28-15)30-24(31-32)16-10-12-18(27)13-11-16/h3-14,23H,1-2H3,(H,29,34)(H,28,30,31). The molecule has 11 heteroatoms. The molecule has 0 aliphatic carbocycles. The van der Waals surface area contributed by atoms with Crippen LogP contribution in [0.4, 0.5) is 21.7 Å². The molecule has 1 aliphatic rings. The number of carbonyl (C=O) groups is 1. The second-order valence-corrected chi connectivity index (χ2v) is 8.28. The Morgan fingerprint density at radius 3 is 2.62 bits per heavy atom. The van der Waals surface area contributed by atoms with Gasteiger partial charge in [-0.1, -0.05) is 24.3 Å². The molecule has 2 heterocycles. The van der Waals surface area contributed by atoms with Crippen LogP contribution >= 0.6 is 0 Å². The zero-order valence-corrected chi connectivity index (χ0v) is 19.8. The number of anilines is 2. The summed E-state index contributed by atoms with van der Waals surface area (Å²) in [6.45, 7) is 1.72. The summed E-state index contributed by atoms with van der Waals surface area (Å²) < 4.78 is 20.3. The Morgan fingerprint density at radius 2 is 1.89 bits per heavy atom. The van der Waals surface area contributed by atoms with Crippen molar-refractivity contribution in [2.75, 3.05) is 17.7 Å². The van der Waals surface area contributed by atoms with Crippen molar-refractivity contribution in [3.05, 3.63) is 106 Å². The van der Waals surface area contributed by atoms with Gasteiger partial charge in [0.05, 0.1) is 23.3 Å². The van der Waals surface area contributed by atoms with Crippen LogP contribution < -0.4 is 15.4 Å². The number of non-ortho nitro benzene ring substituents is 1. The van der Waals surface area contributed by atoms with Crippen molar-refractivity contribution in [3.63, 3.8) is 0 Å². The smallest absolute Gasteiger partial charge is 0.269 e. The second kappa shape index (κ2) is 9.53. The van der Waals surface area contributed by atoms with E-state index in [1.54, 1.807) is 55.5 Å². The minimum absolute atomic E-state index is 0.126. The lowest BCUT2D eigenvalue weighted by Gasteiger charge is -2.28. The van der Waals surface area contributed by atoms with E-state index in [4.69, 9.17) is 4.74 Å². The number of methoxy groups -OCH3 is 1. The molecule has 1 atom stereocenters. The molecule has 2 N–H and O–H groups in total. The van der Waals surface area contributed by atoms with E-state index < -0.39 is 22.7 Å². The Labute approximate surface area is 210 Å². The van der Waals surface area contributed by atoms with Crippen LogP contribution in [0.25, 0.3) is 11.4 Å². The number of para-hydroxylation sites is 2. The minimum atomic E-state index is -0.840. The molecule has 10 nitrogen and oxygen atoms in total. The van der Waals surface area contributed by atoms with Gasteiger partial charge in [-0.3, -0.25) is 14.9 Å². The van der Waals surface area contributed by atoms with Gasteiger partial charge in [-0.2, -0.15) is 4.98 Å². The number of halogens is 1. The van der Waals surface area contributed by atoms with Gasteiger partial charge in [0.2, 0.25) is 5.95 Å². The number of nitro groups is 1. The van der Waals surface area contributed by atoms with Gasteiger partial charge in [-0.25, -0.2) is 9.07 Å². The van der Waals surface area contributed by atoms with E-state index in [0.717, 1.165) is 0 Å². The lowest BCUT2D eigenvalue weighted by Crippen LogP contribution is -2.31. The highest BCUT2D eigenvalue weighted by molar-refractivity contribution is 6.06. The first kappa shape index (κ1) is 23.7. The lowest BCUT2D eigenvalue weighted by molar-refractivity contribution is -0.384. The fraction of sp³-hybridized carbons (Fsp3) is 0.115. The molecule has 1 amide bonds. The molecule has 1 unspecified atom stereocenters. The van der Waals surface area contributed by atoms with E-state index in [9.17, 15) is 19.3 Å². The van der Waals surface area contributed by atoms with Crippen LogP contribution in [0.5, 0.6) is 5.75 Å². The molecule has 1 aliphatic heterocycles. The van der Waals surface area contributed by atoms with Crippen molar-refractivity contribution in [2.45, 2.75) is 13.0 Å². The number of hydrogen-bond acceptors (Lipinski definition) is 7. The van der Waals surface area contributed by atoms with E-state index in [2.05, 4.69) is 20.7 Å². The van der Waals surface area contributed by atoms with Crippen molar-refractivity contribution in [1.82, 2.24) is 14.8 Å². The first-order chi connectivity index (χ1) is 17.9. The normalized spacial score (nSPS) is 14.5. The van der Waals surface area contributed by atoms with Gasteiger partial charge in [-0.15, -0.1) is 5.10 Å². The van der Waals surface area contributed by atoms with Crippen molar-refractivity contribution in [1.29, 1.82) is 0 Å². The third-order valence-corrected chi connectivity index (χ3v) is 5.95. The maximum Gasteiger partial charge on any atom is 0.269 e. The predicted molar refractivity (Wildman–Crippen MR) is 135 cm³/mol. The van der Waals surface area contributed by atoms with Crippen LogP contribution in [-0.4, -0.2) is 32.7 Å². The van der Waals surface area contributed by atoms with Crippen molar-refractivity contribution in [3.8, 4) is 17.1 Å². The number of benzene rings is 3. The number of nitro benzene ring substituents is 1. The number of fused-ring (bicyclic) bond motifs is 1. The van der Waals surface area contributed by atoms with E-state index in [-0.39, 0.29) is 11.3 Å². The van der Waals surface area contributed by atoms with Crippen LogP contribution in [0.15, 0.2) is 84.1 Å². The van der Waals surface area contributed by atoms with E-state index in [1.807, 2.05) is 0 Å². The van der Waals surface area contributed by atoms with E-state index in [1.165, 1.54) is 36.1 Å². The second-order valence-electron chi connectivity index (χ2n) is 8.28. The molecular formula is C26H21FN6O4. The summed E-state index contributed by atoms with van der Waals surface area (Å²) in [7, 11) is 1.50. The van der Waals surface area contributed by atoms with E-state index in [0.29, 0.717) is 40.0 Å². The van der Waals surface area contributed by atoms with Gasteiger partial charge in [0.1, 0.15) is 17.6 Å². The number of nitrogens with one attached hydrogen (secondary N) is 2. The number of allylic oxidation sites excluding steroid dienone is 1. The number of nitrogens with zero attached hydrogens (tertiary/aromatic N) is 4. The van der Waals surface area contributed by atoms with Crippen LogP contribution in [0.2, 0.25) is 0 Å². The molecule has 3 aromatic carbocycles. The Kier molecular flexibility index (Phi) is 6.10. The zero-order chi connectivity index (χ0) is 26.1. The van der Waals surface area contributed by atoms with Gasteiger partial charge in [0, 0.05) is 23.4 Å². The molecule has 0 bridgehead atoms. The summed E-state index contributed by atoms with van der Waals surface area (Å²) in [6.07, 6.45) is 0. The highest BCUT2D eigenvalue weighted by Gasteiger charge is 2.35. The molecule has 1 aromatic heterocycles. The van der Waals surface area contributed by atoms with Gasteiger partial charge in [0.15, 0.2) is 5.82 Å². The SMILES string of the molecule is COc1ccccc1NC(=O)C1=C(C)Nc2nc(-c3ccc(F)cc3)nn2C1c1cccc([N+](=O)[O-])c1. The quantitative estimate of drug-likeness (QED) is 0.284. The van der Waals surface area contributed by atoms with Crippen LogP contribution in [0.3, 0.4) is 0 Å². The summed E-state index contributed by atoms with van der Waals surface area (Å²) in [4.78, 5) is 29.2. The third-order valence-electron chi connectivity index (χ3n) is 5.95. The Morgan fingerprint density at radius 1 is 1.14 bits per heavy atom. The van der Waals surface area contributed by atoms with Crippen LogP contribution in [-0.2, 0) is 4.79 Å². The summed E-state index contributed by atoms with van der Waals surface area (Å²) in [5, 5.41) is 22.1. The first-order valence-electron chi connectivity index (χ1n) is 11.2. The Hall–Kier alpha value is -5.06. The summed E-state index contributed by atoms with van der Waals surface area (Å²) in [5.41, 5.74) is 2.16. The average molecular weight is 500 g/mol. The first-order valence-corrected chi connectivity index (χ1v) is 11.2. The lowest BCUT2D eigenvalue weighted by atomic mass is 9.94. The molecule has 0 radical (unpaired) electrons. The van der Waals surface area contributed by atoms with Crippen LogP contribution in [0, 0.1) is 15.9 Å². The molecular weight excluding hydrogens is 479 g/mol. The Bertz CT molecular complexity index is 1550. The number of hydrogen-bond donors (Lipinski definition) is 2. The molecule has 186 valence electrons. The molecule has 0 fully saturated rings. The zero-order valence-electron chi connectivity index (χ0n) is 19.8. The largest absolute Gasteiger partial charge is 0.495 e. The fourth-order valence-electron chi connectivity index (χ4n) is 4.22. The summed E-state index contributed by atoms with van der Waals surface area (Å²) in [5.74, 6) is 0.271. The molecule has 5 rings (SSSR count). The van der Waals surface area contributed by atoms with E-state index >= 15 is 0 Å². The van der Waals surface area contributed by atoms with Gasteiger partial charge in [0.25, 0.3) is 11.6 Å². The molecule has 37 heavy (non-hydrogen) atoms. The highest BCUT2D eigenvalue weighted by atomic mass is 19.1. The van der Waals surface area contributed by atoms with Crippen molar-refractivity contribution < 1.29 is 18.8 Å². The van der Waals surface area contributed by atoms with Gasteiger partial charge >= 0.3 is 0 Å². The number of aromatic nitrogens is 3. The topological polar surface area (TPSA) is 124 Å². The monoisotopic (exact) mass is 500 g/mol. The van der Waals surface area contributed by atoms with Crippen molar-refractivity contribution in [2.24, 2.45) is 0 Å². The van der Waals surface area contributed by atoms with Gasteiger partial charge < -0.3 is 15.4 Å². The minimum Gasteiger partial charge on any atom is -0.495 e. The highest BCUT2D eigenvalue weighted by Crippen LogP contribution is 2.38. The fourth-order valence-corrected chi connectivity index (χ4v) is 4.22. The van der Waals surface area contributed by atoms with Crippen LogP contribution in [0.1, 0.15) is 18.5 Å². The molecule has 0 saturated heterocycles. The molecule has 0 spiro atoms. The number of carbonyl (C=O) groups excluding carboxylic acids is 1. The molecule has 0 saturated carbocycles. The third kappa shape index (κ3) is 4.49. The summed E-state index contributed by atoms with van der Waals surface area (Å²) >= 11 is 0. The number of amides is 1. The molecule has 4 aromatic rings. The van der Waals surface area contributed by atoms with Crippen molar-refractivity contribution >= 4 is 23.2 Å². The maximum atomic E-state index is 13.7. The number of ether oxygens (including phenoxy) is 1. The summed E-state index contributed by atoms with van der Waals surface area (Å²) in [6, 6.07) is 17.9. The van der Waals surface area contributed by atoms with Gasteiger partial charge in [-0.05, 0) is 48.9 Å². The Balaban J connectivity index is 1.63.